The maximum Gasteiger partial charge on any atom is 0.264 e. The predicted octanol–water partition coefficient (Wildman–Crippen LogP) is 0.267. The third-order valence-electron chi connectivity index (χ3n) is 1.26. The summed E-state index contributed by atoms with van der Waals surface area (Å²) in [5.74, 6) is 0.207. The van der Waals surface area contributed by atoms with Gasteiger partial charge in [-0.2, -0.15) is 0 Å². The van der Waals surface area contributed by atoms with Crippen molar-refractivity contribution in [2.75, 3.05) is 12.8 Å². The lowest BCUT2D eigenvalue weighted by atomic mass is 10.6. The van der Waals surface area contributed by atoms with Crippen LogP contribution in [0.25, 0.3) is 0 Å². The molecule has 0 N–H and O–H groups in total. The Hall–Kier alpha value is -1.04. The van der Waals surface area contributed by atoms with Crippen LogP contribution in [0.5, 0.6) is 0 Å². The molecule has 0 aromatic heterocycles. The molecule has 0 bridgehead atoms. The molecule has 0 radical (unpaired) electrons. The molecule has 0 aromatic carbocycles. The molecule has 1 saturated heterocycles. The number of carbonyl (C=O) groups excluding carboxylic acids is 1. The Balaban J connectivity index is 2.76. The standard InChI is InChI=1S/C5H6N2O3S/c1-6-4(8)3-11-5(6)2-7(9)10/h2H,3H2,1H3/b5-2-. The number of hydrogen-bond donors (Lipinski definition) is 0. The highest BCUT2D eigenvalue weighted by atomic mass is 32.2. The molecule has 1 heterocycles. The van der Waals surface area contributed by atoms with Crippen molar-refractivity contribution in [1.29, 1.82) is 0 Å². The van der Waals surface area contributed by atoms with E-state index in [1.165, 1.54) is 23.7 Å². The van der Waals surface area contributed by atoms with Crippen molar-refractivity contribution in [2.24, 2.45) is 0 Å². The van der Waals surface area contributed by atoms with Gasteiger partial charge < -0.3 is 4.90 Å². The Morgan fingerprint density at radius 3 is 2.82 bits per heavy atom. The first-order valence-corrected chi connectivity index (χ1v) is 3.84. The predicted molar refractivity (Wildman–Crippen MR) is 40.3 cm³/mol. The highest BCUT2D eigenvalue weighted by Gasteiger charge is 2.24. The Morgan fingerprint density at radius 2 is 2.45 bits per heavy atom. The quantitative estimate of drug-likeness (QED) is 0.422. The van der Waals surface area contributed by atoms with E-state index >= 15 is 0 Å². The van der Waals surface area contributed by atoms with E-state index in [0.717, 1.165) is 6.20 Å². The average Bonchev–Trinajstić information content (AvgIpc) is 2.18. The molecular formula is C5H6N2O3S. The summed E-state index contributed by atoms with van der Waals surface area (Å²) in [6, 6.07) is 0. The summed E-state index contributed by atoms with van der Waals surface area (Å²) in [7, 11) is 1.53. The van der Waals surface area contributed by atoms with Crippen LogP contribution in [-0.2, 0) is 4.79 Å². The Kier molecular flexibility index (Phi) is 2.13. The van der Waals surface area contributed by atoms with Crippen LogP contribution in [0.4, 0.5) is 0 Å². The third kappa shape index (κ3) is 1.70. The lowest BCUT2D eigenvalue weighted by Crippen LogP contribution is -2.19. The summed E-state index contributed by atoms with van der Waals surface area (Å²) in [5, 5.41) is 10.4. The van der Waals surface area contributed by atoms with Gasteiger partial charge in [0.25, 0.3) is 6.20 Å². The largest absolute Gasteiger partial charge is 0.304 e. The fourth-order valence-corrected chi connectivity index (χ4v) is 1.59. The number of amides is 1. The molecule has 1 rings (SSSR count). The van der Waals surface area contributed by atoms with Crippen LogP contribution in [0, 0.1) is 10.1 Å². The second-order valence-electron chi connectivity index (χ2n) is 1.99. The van der Waals surface area contributed by atoms with Crippen molar-refractivity contribution in [3.05, 3.63) is 21.3 Å². The van der Waals surface area contributed by atoms with Crippen LogP contribution < -0.4 is 0 Å². The first-order valence-electron chi connectivity index (χ1n) is 2.86. The molecule has 5 nitrogen and oxygen atoms in total. The van der Waals surface area contributed by atoms with Gasteiger partial charge in [-0.3, -0.25) is 14.9 Å². The van der Waals surface area contributed by atoms with Crippen LogP contribution in [0.3, 0.4) is 0 Å². The number of hydrogen-bond acceptors (Lipinski definition) is 4. The first kappa shape index (κ1) is 8.06. The van der Waals surface area contributed by atoms with Gasteiger partial charge >= 0.3 is 0 Å². The lowest BCUT2D eigenvalue weighted by Gasteiger charge is -2.04. The Bertz CT molecular complexity index is 238. The van der Waals surface area contributed by atoms with Crippen molar-refractivity contribution in [2.45, 2.75) is 0 Å². The summed E-state index contributed by atoms with van der Waals surface area (Å²) in [4.78, 5) is 21.5. The summed E-state index contributed by atoms with van der Waals surface area (Å²) in [6.45, 7) is 0. The molecule has 1 amide bonds. The molecule has 1 aliphatic heterocycles. The molecular weight excluding hydrogens is 168 g/mol. The number of thioether (sulfide) groups is 1. The van der Waals surface area contributed by atoms with E-state index in [1.807, 2.05) is 0 Å². The molecule has 0 saturated carbocycles. The first-order chi connectivity index (χ1) is 5.11. The number of carbonyl (C=O) groups is 1. The lowest BCUT2D eigenvalue weighted by molar-refractivity contribution is -0.403. The number of nitrogens with zero attached hydrogens (tertiary/aromatic N) is 2. The van der Waals surface area contributed by atoms with Crippen molar-refractivity contribution in [3.8, 4) is 0 Å². The molecule has 1 fully saturated rings. The van der Waals surface area contributed by atoms with E-state index in [1.54, 1.807) is 0 Å². The van der Waals surface area contributed by atoms with Crippen molar-refractivity contribution < 1.29 is 9.72 Å². The van der Waals surface area contributed by atoms with Gasteiger partial charge in [-0.05, 0) is 0 Å². The molecule has 60 valence electrons. The molecule has 0 spiro atoms. The zero-order valence-corrected chi connectivity index (χ0v) is 6.63. The smallest absolute Gasteiger partial charge is 0.264 e. The van der Waals surface area contributed by atoms with Gasteiger partial charge in [0.15, 0.2) is 0 Å². The van der Waals surface area contributed by atoms with Gasteiger partial charge in [0, 0.05) is 7.05 Å². The van der Waals surface area contributed by atoms with Crippen LogP contribution in [-0.4, -0.2) is 28.5 Å². The minimum atomic E-state index is -0.558. The minimum Gasteiger partial charge on any atom is -0.304 e. The number of nitro groups is 1. The SMILES string of the molecule is CN1C(=O)CS/C1=C\[N+](=O)[O-]. The second kappa shape index (κ2) is 2.91. The topological polar surface area (TPSA) is 63.5 Å². The molecule has 1 aliphatic rings. The fourth-order valence-electron chi connectivity index (χ4n) is 0.666. The zero-order chi connectivity index (χ0) is 8.43. The maximum atomic E-state index is 10.8. The van der Waals surface area contributed by atoms with Gasteiger partial charge in [-0.15, -0.1) is 0 Å². The van der Waals surface area contributed by atoms with Gasteiger partial charge in [-0.1, -0.05) is 11.8 Å². The summed E-state index contributed by atoms with van der Waals surface area (Å²) < 4.78 is 0. The van der Waals surface area contributed by atoms with Crippen molar-refractivity contribution >= 4 is 17.7 Å². The van der Waals surface area contributed by atoms with E-state index in [-0.39, 0.29) is 5.91 Å². The molecule has 0 aliphatic carbocycles. The van der Waals surface area contributed by atoms with Gasteiger partial charge in [-0.25, -0.2) is 0 Å². The molecule has 6 heteroatoms. The number of rotatable bonds is 1. The fraction of sp³-hybridized carbons (Fsp3) is 0.400. The summed E-state index contributed by atoms with van der Waals surface area (Å²) in [6.07, 6.45) is 0.843. The molecule has 0 aromatic rings. The summed E-state index contributed by atoms with van der Waals surface area (Å²) >= 11 is 1.18. The van der Waals surface area contributed by atoms with E-state index in [2.05, 4.69) is 0 Å². The van der Waals surface area contributed by atoms with Crippen molar-refractivity contribution in [1.82, 2.24) is 4.90 Å². The third-order valence-corrected chi connectivity index (χ3v) is 2.33. The molecule has 0 unspecified atom stereocenters. The molecule has 11 heavy (non-hydrogen) atoms. The molecule has 0 atom stereocenters. The van der Waals surface area contributed by atoms with Crippen LogP contribution in [0.15, 0.2) is 11.2 Å². The Labute approximate surface area is 67.2 Å². The van der Waals surface area contributed by atoms with Gasteiger partial charge in [0.2, 0.25) is 5.91 Å². The van der Waals surface area contributed by atoms with E-state index < -0.39 is 4.92 Å². The zero-order valence-electron chi connectivity index (χ0n) is 5.81. The van der Waals surface area contributed by atoms with Gasteiger partial charge in [0.05, 0.1) is 10.7 Å². The average molecular weight is 174 g/mol. The van der Waals surface area contributed by atoms with Crippen LogP contribution in [0.1, 0.15) is 0 Å². The second-order valence-corrected chi connectivity index (χ2v) is 2.99. The van der Waals surface area contributed by atoms with Crippen LogP contribution in [0.2, 0.25) is 0 Å². The van der Waals surface area contributed by atoms with E-state index in [4.69, 9.17) is 0 Å². The van der Waals surface area contributed by atoms with Crippen LogP contribution >= 0.6 is 11.8 Å². The Morgan fingerprint density at radius 1 is 1.82 bits per heavy atom. The maximum absolute atomic E-state index is 10.8. The highest BCUT2D eigenvalue weighted by molar-refractivity contribution is 8.04. The van der Waals surface area contributed by atoms with Gasteiger partial charge in [0.1, 0.15) is 5.03 Å². The monoisotopic (exact) mass is 174 g/mol. The highest BCUT2D eigenvalue weighted by Crippen LogP contribution is 2.26. The van der Waals surface area contributed by atoms with E-state index in [0.29, 0.717) is 10.8 Å². The van der Waals surface area contributed by atoms with Crippen molar-refractivity contribution in [3.63, 3.8) is 0 Å². The summed E-state index contributed by atoms with van der Waals surface area (Å²) in [5.41, 5.74) is 0. The minimum absolute atomic E-state index is 0.0944. The van der Waals surface area contributed by atoms with E-state index in [9.17, 15) is 14.9 Å². The normalized spacial score (nSPS) is 21.4.